The number of benzene rings is 1. The zero-order valence-corrected chi connectivity index (χ0v) is 12.7. The predicted molar refractivity (Wildman–Crippen MR) is 85.3 cm³/mol. The SMILES string of the molecule is Cc1cccc(-n2nc(CNC3CCCC3)c(O)cc2=O)c1. The molecule has 0 atom stereocenters. The van der Waals surface area contributed by atoms with E-state index in [1.807, 2.05) is 31.2 Å². The molecule has 116 valence electrons. The first-order valence-electron chi connectivity index (χ1n) is 7.76. The summed E-state index contributed by atoms with van der Waals surface area (Å²) in [7, 11) is 0. The highest BCUT2D eigenvalue weighted by Gasteiger charge is 2.16. The average molecular weight is 299 g/mol. The predicted octanol–water partition coefficient (Wildman–Crippen LogP) is 2.28. The second kappa shape index (κ2) is 6.32. The van der Waals surface area contributed by atoms with Gasteiger partial charge in [0.1, 0.15) is 11.4 Å². The molecule has 0 amide bonds. The Morgan fingerprint density at radius 1 is 1.32 bits per heavy atom. The average Bonchev–Trinajstić information content (AvgIpc) is 2.99. The number of aromatic nitrogens is 2. The van der Waals surface area contributed by atoms with Crippen LogP contribution in [0.2, 0.25) is 0 Å². The third kappa shape index (κ3) is 3.20. The fourth-order valence-electron chi connectivity index (χ4n) is 2.92. The van der Waals surface area contributed by atoms with Crippen LogP contribution in [0.4, 0.5) is 0 Å². The number of hydrogen-bond donors (Lipinski definition) is 2. The zero-order valence-electron chi connectivity index (χ0n) is 12.7. The Morgan fingerprint density at radius 3 is 2.82 bits per heavy atom. The quantitative estimate of drug-likeness (QED) is 0.909. The molecule has 5 nitrogen and oxygen atoms in total. The molecule has 0 radical (unpaired) electrons. The molecule has 0 spiro atoms. The molecule has 1 heterocycles. The molecule has 2 N–H and O–H groups in total. The van der Waals surface area contributed by atoms with Gasteiger partial charge in [0, 0.05) is 18.7 Å². The summed E-state index contributed by atoms with van der Waals surface area (Å²) in [4.78, 5) is 12.1. The first-order valence-corrected chi connectivity index (χ1v) is 7.76. The van der Waals surface area contributed by atoms with Crippen LogP contribution in [-0.2, 0) is 6.54 Å². The van der Waals surface area contributed by atoms with Gasteiger partial charge in [0.2, 0.25) is 0 Å². The van der Waals surface area contributed by atoms with Gasteiger partial charge in [0.15, 0.2) is 0 Å². The van der Waals surface area contributed by atoms with Gasteiger partial charge in [0.05, 0.1) is 5.69 Å². The van der Waals surface area contributed by atoms with Crippen molar-refractivity contribution in [1.29, 1.82) is 0 Å². The van der Waals surface area contributed by atoms with Gasteiger partial charge in [-0.15, -0.1) is 0 Å². The first kappa shape index (κ1) is 14.8. The van der Waals surface area contributed by atoms with E-state index in [-0.39, 0.29) is 11.3 Å². The summed E-state index contributed by atoms with van der Waals surface area (Å²) in [6.45, 7) is 2.44. The summed E-state index contributed by atoms with van der Waals surface area (Å²) >= 11 is 0. The maximum atomic E-state index is 12.1. The minimum Gasteiger partial charge on any atom is -0.506 e. The van der Waals surface area contributed by atoms with E-state index in [9.17, 15) is 9.90 Å². The van der Waals surface area contributed by atoms with Crippen LogP contribution in [-0.4, -0.2) is 20.9 Å². The van der Waals surface area contributed by atoms with E-state index < -0.39 is 0 Å². The van der Waals surface area contributed by atoms with Crippen LogP contribution < -0.4 is 10.9 Å². The minimum atomic E-state index is -0.326. The van der Waals surface area contributed by atoms with Gasteiger partial charge in [-0.2, -0.15) is 9.78 Å². The summed E-state index contributed by atoms with van der Waals surface area (Å²) in [5, 5.41) is 17.7. The van der Waals surface area contributed by atoms with Crippen molar-refractivity contribution in [2.24, 2.45) is 0 Å². The van der Waals surface area contributed by atoms with E-state index in [4.69, 9.17) is 0 Å². The lowest BCUT2D eigenvalue weighted by Gasteiger charge is -2.13. The molecule has 1 aromatic carbocycles. The van der Waals surface area contributed by atoms with Crippen molar-refractivity contribution in [3.63, 3.8) is 0 Å². The van der Waals surface area contributed by atoms with Crippen molar-refractivity contribution in [3.8, 4) is 11.4 Å². The molecular formula is C17H21N3O2. The Balaban J connectivity index is 1.87. The Kier molecular flexibility index (Phi) is 4.24. The van der Waals surface area contributed by atoms with E-state index in [1.165, 1.54) is 23.6 Å². The third-order valence-electron chi connectivity index (χ3n) is 4.14. The van der Waals surface area contributed by atoms with Gasteiger partial charge in [-0.25, -0.2) is 0 Å². The highest BCUT2D eigenvalue weighted by molar-refractivity contribution is 5.36. The normalized spacial score (nSPS) is 15.3. The molecule has 3 rings (SSSR count). The Bertz CT molecular complexity index is 718. The largest absolute Gasteiger partial charge is 0.506 e. The van der Waals surface area contributed by atoms with E-state index in [0.29, 0.717) is 24.0 Å². The van der Waals surface area contributed by atoms with Crippen molar-refractivity contribution in [3.05, 3.63) is 51.9 Å². The second-order valence-electron chi connectivity index (χ2n) is 5.93. The van der Waals surface area contributed by atoms with Gasteiger partial charge >= 0.3 is 0 Å². The number of hydrogen-bond acceptors (Lipinski definition) is 4. The highest BCUT2D eigenvalue weighted by Crippen LogP contribution is 2.19. The summed E-state index contributed by atoms with van der Waals surface area (Å²) < 4.78 is 1.35. The molecule has 1 aromatic heterocycles. The van der Waals surface area contributed by atoms with Crippen LogP contribution in [0.1, 0.15) is 36.9 Å². The first-order chi connectivity index (χ1) is 10.6. The van der Waals surface area contributed by atoms with Gasteiger partial charge in [0.25, 0.3) is 5.56 Å². The molecule has 0 bridgehead atoms. The van der Waals surface area contributed by atoms with Crippen LogP contribution in [0.5, 0.6) is 5.75 Å². The summed E-state index contributed by atoms with van der Waals surface area (Å²) in [6, 6.07) is 9.33. The molecule has 5 heteroatoms. The number of aryl methyl sites for hydroxylation is 1. The Labute approximate surface area is 129 Å². The maximum absolute atomic E-state index is 12.1. The van der Waals surface area contributed by atoms with Crippen molar-refractivity contribution in [1.82, 2.24) is 15.1 Å². The van der Waals surface area contributed by atoms with Crippen LogP contribution in [0, 0.1) is 6.92 Å². The van der Waals surface area contributed by atoms with Crippen LogP contribution in [0.3, 0.4) is 0 Å². The molecule has 1 aliphatic rings. The van der Waals surface area contributed by atoms with Crippen LogP contribution in [0.25, 0.3) is 5.69 Å². The van der Waals surface area contributed by atoms with E-state index in [0.717, 1.165) is 18.4 Å². The van der Waals surface area contributed by atoms with Crippen molar-refractivity contribution < 1.29 is 5.11 Å². The molecule has 2 aromatic rings. The van der Waals surface area contributed by atoms with Crippen molar-refractivity contribution >= 4 is 0 Å². The standard InChI is InChI=1S/C17H21N3O2/c1-12-5-4-8-14(9-12)20-17(22)10-16(21)15(19-20)11-18-13-6-2-3-7-13/h4-5,8-10,13,18,21H,2-3,6-7,11H2,1H3. The summed E-state index contributed by atoms with van der Waals surface area (Å²) in [5.74, 6) is -0.0422. The molecule has 0 saturated heterocycles. The smallest absolute Gasteiger partial charge is 0.275 e. The summed E-state index contributed by atoms with van der Waals surface area (Å²) in [6.07, 6.45) is 4.83. The zero-order chi connectivity index (χ0) is 15.5. The van der Waals surface area contributed by atoms with Crippen molar-refractivity contribution in [2.45, 2.75) is 45.2 Å². The number of nitrogens with one attached hydrogen (secondary N) is 1. The number of rotatable bonds is 4. The lowest BCUT2D eigenvalue weighted by Crippen LogP contribution is -2.28. The van der Waals surface area contributed by atoms with E-state index >= 15 is 0 Å². The molecule has 1 aliphatic carbocycles. The van der Waals surface area contributed by atoms with Crippen molar-refractivity contribution in [2.75, 3.05) is 0 Å². The third-order valence-corrected chi connectivity index (χ3v) is 4.14. The van der Waals surface area contributed by atoms with E-state index in [1.54, 1.807) is 0 Å². The van der Waals surface area contributed by atoms with E-state index in [2.05, 4.69) is 10.4 Å². The lowest BCUT2D eigenvalue weighted by molar-refractivity contribution is 0.441. The fraction of sp³-hybridized carbons (Fsp3) is 0.412. The number of aromatic hydroxyl groups is 1. The molecule has 1 saturated carbocycles. The molecule has 0 aliphatic heterocycles. The van der Waals surface area contributed by atoms with Gasteiger partial charge in [-0.3, -0.25) is 4.79 Å². The maximum Gasteiger partial charge on any atom is 0.275 e. The van der Waals surface area contributed by atoms with Crippen LogP contribution in [0.15, 0.2) is 35.1 Å². The molecule has 1 fully saturated rings. The molecular weight excluding hydrogens is 278 g/mol. The van der Waals surface area contributed by atoms with Crippen LogP contribution >= 0.6 is 0 Å². The fourth-order valence-corrected chi connectivity index (χ4v) is 2.92. The highest BCUT2D eigenvalue weighted by atomic mass is 16.3. The molecule has 0 unspecified atom stereocenters. The Morgan fingerprint density at radius 2 is 2.09 bits per heavy atom. The Hall–Kier alpha value is -2.14. The van der Waals surface area contributed by atoms with Gasteiger partial charge in [-0.1, -0.05) is 25.0 Å². The molecule has 22 heavy (non-hydrogen) atoms. The summed E-state index contributed by atoms with van der Waals surface area (Å²) in [5.41, 5.74) is 1.96. The van der Waals surface area contributed by atoms with Gasteiger partial charge < -0.3 is 10.4 Å². The second-order valence-corrected chi connectivity index (χ2v) is 5.93. The minimum absolute atomic E-state index is 0.0422. The van der Waals surface area contributed by atoms with Gasteiger partial charge in [-0.05, 0) is 37.5 Å². The lowest BCUT2D eigenvalue weighted by atomic mass is 10.2. The topological polar surface area (TPSA) is 67.2 Å². The monoisotopic (exact) mass is 299 g/mol. The number of nitrogens with zero attached hydrogens (tertiary/aromatic N) is 2.